The largest absolute Gasteiger partial charge is 0.454 e. The number of hydrogen-bond acceptors (Lipinski definition) is 4. The Morgan fingerprint density at radius 3 is 2.93 bits per heavy atom. The zero-order valence-electron chi connectivity index (χ0n) is 14.3. The van der Waals surface area contributed by atoms with Crippen LogP contribution in [-0.4, -0.2) is 17.7 Å². The molecule has 7 heteroatoms. The van der Waals surface area contributed by atoms with E-state index in [1.54, 1.807) is 37.3 Å². The van der Waals surface area contributed by atoms with E-state index in [1.807, 2.05) is 0 Å². The van der Waals surface area contributed by atoms with Crippen LogP contribution in [0, 0.1) is 18.6 Å². The minimum Gasteiger partial charge on any atom is -0.454 e. The van der Waals surface area contributed by atoms with Gasteiger partial charge in [-0.3, -0.25) is 4.79 Å². The number of ether oxygens (including phenoxy) is 2. The molecule has 0 radical (unpaired) electrons. The number of halogens is 2. The summed E-state index contributed by atoms with van der Waals surface area (Å²) in [6, 6.07) is 8.81. The molecule has 0 saturated heterocycles. The third-order valence-electron chi connectivity index (χ3n) is 4.06. The van der Waals surface area contributed by atoms with E-state index in [1.165, 1.54) is 6.08 Å². The lowest BCUT2D eigenvalue weighted by Gasteiger charge is -2.09. The lowest BCUT2D eigenvalue weighted by molar-refractivity contribution is -0.111. The molecule has 2 heterocycles. The maximum absolute atomic E-state index is 14.0. The molecule has 0 atom stereocenters. The smallest absolute Gasteiger partial charge is 0.248 e. The predicted molar refractivity (Wildman–Crippen MR) is 96.6 cm³/mol. The molecule has 4 rings (SSSR count). The normalized spacial score (nSPS) is 12.7. The number of nitrogens with zero attached hydrogens (tertiary/aromatic N) is 1. The molecule has 0 fully saturated rings. The molecule has 0 unspecified atom stereocenters. The van der Waals surface area contributed by atoms with Crippen LogP contribution in [0.25, 0.3) is 17.0 Å². The van der Waals surface area contributed by atoms with Crippen molar-refractivity contribution in [3.8, 4) is 11.5 Å². The monoisotopic (exact) mass is 368 g/mol. The number of hydrogen-bond donors (Lipinski definition) is 1. The number of pyridine rings is 1. The second-order valence-corrected chi connectivity index (χ2v) is 6.00. The lowest BCUT2D eigenvalue weighted by Crippen LogP contribution is -2.09. The molecule has 3 aromatic rings. The summed E-state index contributed by atoms with van der Waals surface area (Å²) in [7, 11) is 0. The summed E-state index contributed by atoms with van der Waals surface area (Å²) in [6.07, 6.45) is 2.90. The molecule has 5 nitrogen and oxygen atoms in total. The fraction of sp³-hybridized carbons (Fsp3) is 0.100. The maximum atomic E-state index is 14.0. The zero-order valence-corrected chi connectivity index (χ0v) is 14.3. The van der Waals surface area contributed by atoms with Crippen molar-refractivity contribution >= 4 is 28.6 Å². The first-order valence-electron chi connectivity index (χ1n) is 8.15. The van der Waals surface area contributed by atoms with E-state index in [9.17, 15) is 13.6 Å². The van der Waals surface area contributed by atoms with Crippen LogP contribution in [0.5, 0.6) is 11.5 Å². The number of para-hydroxylation sites is 1. The van der Waals surface area contributed by atoms with Crippen LogP contribution in [0.3, 0.4) is 0 Å². The third-order valence-corrected chi connectivity index (χ3v) is 4.06. The van der Waals surface area contributed by atoms with Crippen molar-refractivity contribution in [1.82, 2.24) is 4.98 Å². The van der Waals surface area contributed by atoms with Crippen molar-refractivity contribution in [2.75, 3.05) is 12.1 Å². The Kier molecular flexibility index (Phi) is 4.19. The van der Waals surface area contributed by atoms with E-state index < -0.39 is 17.5 Å². The highest BCUT2D eigenvalue weighted by molar-refractivity contribution is 6.07. The second kappa shape index (κ2) is 6.68. The Morgan fingerprint density at radius 1 is 1.22 bits per heavy atom. The number of carbonyl (C=O) groups is 1. The van der Waals surface area contributed by atoms with E-state index >= 15 is 0 Å². The van der Waals surface area contributed by atoms with Crippen molar-refractivity contribution in [3.63, 3.8) is 0 Å². The molecule has 0 spiro atoms. The van der Waals surface area contributed by atoms with E-state index in [4.69, 9.17) is 9.47 Å². The molecule has 1 amide bonds. The summed E-state index contributed by atoms with van der Waals surface area (Å²) in [5.74, 6) is -0.802. The minimum absolute atomic E-state index is 0.00195. The highest BCUT2D eigenvalue weighted by atomic mass is 19.1. The van der Waals surface area contributed by atoms with Gasteiger partial charge in [-0.05, 0) is 31.2 Å². The van der Waals surface area contributed by atoms with Crippen LogP contribution in [0.15, 0.2) is 42.5 Å². The lowest BCUT2D eigenvalue weighted by atomic mass is 10.1. The number of fused-ring (bicyclic) bond motifs is 2. The molecule has 0 bridgehead atoms. The summed E-state index contributed by atoms with van der Waals surface area (Å²) in [6.45, 7) is 1.80. The number of aromatic nitrogens is 1. The topological polar surface area (TPSA) is 60.5 Å². The molecular formula is C20H14F2N2O3. The predicted octanol–water partition coefficient (Wildman–Crippen LogP) is 4.20. The van der Waals surface area contributed by atoms with Gasteiger partial charge in [0.1, 0.15) is 11.3 Å². The highest BCUT2D eigenvalue weighted by Crippen LogP contribution is 2.36. The van der Waals surface area contributed by atoms with E-state index in [2.05, 4.69) is 10.3 Å². The fourth-order valence-corrected chi connectivity index (χ4v) is 2.91. The Hall–Kier alpha value is -3.48. The molecule has 0 saturated carbocycles. The maximum Gasteiger partial charge on any atom is 0.248 e. The van der Waals surface area contributed by atoms with Crippen LogP contribution in [0.2, 0.25) is 0 Å². The van der Waals surface area contributed by atoms with Gasteiger partial charge in [0.25, 0.3) is 0 Å². The fourth-order valence-electron chi connectivity index (χ4n) is 2.91. The van der Waals surface area contributed by atoms with Crippen molar-refractivity contribution in [3.05, 3.63) is 65.4 Å². The average Bonchev–Trinajstić information content (AvgIpc) is 3.10. The Morgan fingerprint density at radius 2 is 2.07 bits per heavy atom. The first-order chi connectivity index (χ1) is 13.0. The van der Waals surface area contributed by atoms with Gasteiger partial charge < -0.3 is 14.8 Å². The van der Waals surface area contributed by atoms with Gasteiger partial charge in [0, 0.05) is 28.8 Å². The standard InChI is InChI=1S/C20H14F2N2O3/c1-11-7-16(14-8-13(21)9-15(22)19(14)23-11)24-18(25)6-5-12-3-2-4-17-20(12)27-10-26-17/h2-9H,10H2,1H3,(H,23,24,25). The van der Waals surface area contributed by atoms with Gasteiger partial charge in [-0.25, -0.2) is 13.8 Å². The Labute approximate surface area is 153 Å². The van der Waals surface area contributed by atoms with Gasteiger partial charge >= 0.3 is 0 Å². The quantitative estimate of drug-likeness (QED) is 0.704. The van der Waals surface area contributed by atoms with Crippen molar-refractivity contribution in [2.24, 2.45) is 0 Å². The molecule has 0 aliphatic carbocycles. The minimum atomic E-state index is -0.781. The third kappa shape index (κ3) is 3.31. The summed E-state index contributed by atoms with van der Waals surface area (Å²) in [5, 5.41) is 2.84. The highest BCUT2D eigenvalue weighted by Gasteiger charge is 2.16. The summed E-state index contributed by atoms with van der Waals surface area (Å²) in [5.41, 5.74) is 1.47. The van der Waals surface area contributed by atoms with E-state index in [-0.39, 0.29) is 23.4 Å². The summed E-state index contributed by atoms with van der Waals surface area (Å²) < 4.78 is 38.3. The molecule has 1 aromatic heterocycles. The zero-order chi connectivity index (χ0) is 19.0. The van der Waals surface area contributed by atoms with E-state index in [0.717, 1.165) is 12.1 Å². The summed E-state index contributed by atoms with van der Waals surface area (Å²) >= 11 is 0. The molecule has 2 aromatic carbocycles. The van der Waals surface area contributed by atoms with E-state index in [0.29, 0.717) is 22.8 Å². The summed E-state index contributed by atoms with van der Waals surface area (Å²) in [4.78, 5) is 16.4. The van der Waals surface area contributed by atoms with Crippen molar-refractivity contribution in [2.45, 2.75) is 6.92 Å². The molecule has 1 N–H and O–H groups in total. The molecular weight excluding hydrogens is 354 g/mol. The SMILES string of the molecule is Cc1cc(NC(=O)C=Cc2cccc3c2OCO3)c2cc(F)cc(F)c2n1. The number of amides is 1. The van der Waals surface area contributed by atoms with Gasteiger partial charge in [-0.15, -0.1) is 0 Å². The van der Waals surface area contributed by atoms with Gasteiger partial charge in [0.2, 0.25) is 12.7 Å². The number of carbonyl (C=O) groups excluding carboxylic acids is 1. The van der Waals surface area contributed by atoms with Gasteiger partial charge in [0.15, 0.2) is 17.3 Å². The van der Waals surface area contributed by atoms with Gasteiger partial charge in [0.05, 0.1) is 5.69 Å². The number of anilines is 1. The van der Waals surface area contributed by atoms with Crippen LogP contribution < -0.4 is 14.8 Å². The second-order valence-electron chi connectivity index (χ2n) is 6.00. The van der Waals surface area contributed by atoms with Crippen LogP contribution in [0.1, 0.15) is 11.3 Å². The van der Waals surface area contributed by atoms with Crippen LogP contribution in [-0.2, 0) is 4.79 Å². The molecule has 27 heavy (non-hydrogen) atoms. The Balaban J connectivity index is 1.63. The van der Waals surface area contributed by atoms with Crippen molar-refractivity contribution < 1.29 is 23.0 Å². The first kappa shape index (κ1) is 17.0. The van der Waals surface area contributed by atoms with Crippen LogP contribution >= 0.6 is 0 Å². The molecule has 1 aliphatic rings. The average molecular weight is 368 g/mol. The van der Waals surface area contributed by atoms with Crippen molar-refractivity contribution in [1.29, 1.82) is 0 Å². The molecule has 136 valence electrons. The number of aryl methyl sites for hydroxylation is 1. The number of benzene rings is 2. The van der Waals surface area contributed by atoms with Gasteiger partial charge in [-0.1, -0.05) is 12.1 Å². The van der Waals surface area contributed by atoms with Gasteiger partial charge in [-0.2, -0.15) is 0 Å². The molecule has 1 aliphatic heterocycles. The first-order valence-corrected chi connectivity index (χ1v) is 8.15. The van der Waals surface area contributed by atoms with Crippen LogP contribution in [0.4, 0.5) is 14.5 Å². The number of nitrogens with one attached hydrogen (secondary N) is 1. The Bertz CT molecular complexity index is 1100. The number of rotatable bonds is 3.